The van der Waals surface area contributed by atoms with Crippen molar-refractivity contribution >= 4 is 5.91 Å². The van der Waals surface area contributed by atoms with Crippen molar-refractivity contribution in [3.05, 3.63) is 88.2 Å². The number of likely N-dealkylation sites (tertiary alicyclic amines) is 1. The first-order valence-corrected chi connectivity index (χ1v) is 9.89. The van der Waals surface area contributed by atoms with Crippen LogP contribution in [0.4, 0.5) is 8.78 Å². The summed E-state index contributed by atoms with van der Waals surface area (Å²) in [5.74, 6) is -2.11. The molecule has 30 heavy (non-hydrogen) atoms. The molecule has 0 aliphatic carbocycles. The number of carbonyl (C=O) groups excluding carboxylic acids is 1. The summed E-state index contributed by atoms with van der Waals surface area (Å²) in [7, 11) is 0. The second-order valence-electron chi connectivity index (χ2n) is 7.47. The summed E-state index contributed by atoms with van der Waals surface area (Å²) in [6.45, 7) is 1.47. The number of carbonyl (C=O) groups is 1. The maximum absolute atomic E-state index is 13.4. The molecule has 0 atom stereocenters. The van der Waals surface area contributed by atoms with E-state index in [1.54, 1.807) is 11.0 Å². The van der Waals surface area contributed by atoms with Crippen molar-refractivity contribution in [3.63, 3.8) is 0 Å². The predicted molar refractivity (Wildman–Crippen MR) is 109 cm³/mol. The highest BCUT2D eigenvalue weighted by molar-refractivity contribution is 5.94. The van der Waals surface area contributed by atoms with E-state index in [-0.39, 0.29) is 22.9 Å². The monoisotopic (exact) mass is 409 g/mol. The maximum Gasteiger partial charge on any atom is 0.266 e. The van der Waals surface area contributed by atoms with Gasteiger partial charge < -0.3 is 4.90 Å². The van der Waals surface area contributed by atoms with Gasteiger partial charge in [-0.05, 0) is 43.0 Å². The van der Waals surface area contributed by atoms with E-state index >= 15 is 0 Å². The average Bonchev–Trinajstić information content (AvgIpc) is 2.78. The van der Waals surface area contributed by atoms with Gasteiger partial charge in [-0.1, -0.05) is 30.3 Å². The summed E-state index contributed by atoms with van der Waals surface area (Å²) in [4.78, 5) is 26.5. The molecule has 0 saturated carbocycles. The topological polar surface area (TPSA) is 55.2 Å². The Morgan fingerprint density at radius 3 is 2.40 bits per heavy atom. The highest BCUT2D eigenvalue weighted by atomic mass is 19.2. The zero-order valence-corrected chi connectivity index (χ0v) is 16.3. The normalized spacial score (nSPS) is 14.7. The van der Waals surface area contributed by atoms with Crippen LogP contribution in [-0.4, -0.2) is 33.7 Å². The molecule has 1 aliphatic rings. The Labute approximate surface area is 172 Å². The molecule has 1 aromatic heterocycles. The van der Waals surface area contributed by atoms with Crippen molar-refractivity contribution in [1.29, 1.82) is 0 Å². The Bertz CT molecular complexity index is 1110. The molecule has 1 saturated heterocycles. The zero-order chi connectivity index (χ0) is 21.1. The van der Waals surface area contributed by atoms with Crippen molar-refractivity contribution in [2.24, 2.45) is 5.92 Å². The van der Waals surface area contributed by atoms with Crippen molar-refractivity contribution in [2.45, 2.75) is 19.4 Å². The zero-order valence-electron chi connectivity index (χ0n) is 16.3. The molecule has 0 unspecified atom stereocenters. The van der Waals surface area contributed by atoms with Gasteiger partial charge >= 0.3 is 0 Å². The van der Waals surface area contributed by atoms with E-state index < -0.39 is 11.6 Å². The summed E-state index contributed by atoms with van der Waals surface area (Å²) in [5, 5.41) is 4.50. The standard InChI is InChI=1S/C23H21F2N3O2/c24-19-7-6-18(14-20(19)25)23(30)27-12-10-16(11-13-27)15-28-22(29)9-8-21(26-28)17-4-2-1-3-5-17/h1-9,14,16H,10-13,15H2. The highest BCUT2D eigenvalue weighted by Crippen LogP contribution is 2.21. The highest BCUT2D eigenvalue weighted by Gasteiger charge is 2.25. The SMILES string of the molecule is O=C(c1ccc(F)c(F)c1)N1CCC(Cn2nc(-c3ccccc3)ccc2=O)CC1. The molecule has 0 radical (unpaired) electrons. The van der Waals surface area contributed by atoms with Crippen LogP contribution in [0.25, 0.3) is 11.3 Å². The summed E-state index contributed by atoms with van der Waals surface area (Å²) in [5.41, 5.74) is 1.66. The number of halogens is 2. The molecule has 4 rings (SSSR count). The second kappa shape index (κ2) is 8.57. The number of nitrogens with zero attached hydrogens (tertiary/aromatic N) is 3. The van der Waals surface area contributed by atoms with Gasteiger partial charge in [0.2, 0.25) is 0 Å². The van der Waals surface area contributed by atoms with Crippen LogP contribution in [0.5, 0.6) is 0 Å². The molecule has 0 bridgehead atoms. The smallest absolute Gasteiger partial charge is 0.266 e. The average molecular weight is 409 g/mol. The fraction of sp³-hybridized carbons (Fsp3) is 0.261. The van der Waals surface area contributed by atoms with Crippen LogP contribution in [0.2, 0.25) is 0 Å². The number of hydrogen-bond donors (Lipinski definition) is 0. The number of benzene rings is 2. The van der Waals surface area contributed by atoms with Gasteiger partial charge in [0.15, 0.2) is 11.6 Å². The van der Waals surface area contributed by atoms with E-state index in [9.17, 15) is 18.4 Å². The summed E-state index contributed by atoms with van der Waals surface area (Å²) >= 11 is 0. The van der Waals surface area contributed by atoms with Crippen LogP contribution < -0.4 is 5.56 Å². The van der Waals surface area contributed by atoms with Crippen LogP contribution in [0, 0.1) is 17.6 Å². The molecular weight excluding hydrogens is 388 g/mol. The minimum absolute atomic E-state index is 0.140. The van der Waals surface area contributed by atoms with Crippen molar-refractivity contribution in [1.82, 2.24) is 14.7 Å². The fourth-order valence-corrected chi connectivity index (χ4v) is 3.72. The lowest BCUT2D eigenvalue weighted by Crippen LogP contribution is -2.40. The predicted octanol–water partition coefficient (Wildman–Crippen LogP) is 3.74. The third-order valence-electron chi connectivity index (χ3n) is 5.44. The van der Waals surface area contributed by atoms with Gasteiger partial charge in [-0.25, -0.2) is 13.5 Å². The Morgan fingerprint density at radius 1 is 0.967 bits per heavy atom. The first-order chi connectivity index (χ1) is 14.5. The molecular formula is C23H21F2N3O2. The lowest BCUT2D eigenvalue weighted by Gasteiger charge is -2.32. The van der Waals surface area contributed by atoms with E-state index in [0.717, 1.165) is 23.4 Å². The largest absolute Gasteiger partial charge is 0.339 e. The molecule has 5 nitrogen and oxygen atoms in total. The van der Waals surface area contributed by atoms with Crippen LogP contribution in [0.3, 0.4) is 0 Å². The fourth-order valence-electron chi connectivity index (χ4n) is 3.72. The minimum Gasteiger partial charge on any atom is -0.339 e. The number of rotatable bonds is 4. The van der Waals surface area contributed by atoms with Crippen molar-refractivity contribution in [2.75, 3.05) is 13.1 Å². The Hall–Kier alpha value is -3.35. The number of aromatic nitrogens is 2. The molecule has 1 amide bonds. The summed E-state index contributed by atoms with van der Waals surface area (Å²) in [6, 6.07) is 16.1. The molecule has 7 heteroatoms. The van der Waals surface area contributed by atoms with Crippen LogP contribution in [0.1, 0.15) is 23.2 Å². The molecule has 3 aromatic rings. The quantitative estimate of drug-likeness (QED) is 0.660. The van der Waals surface area contributed by atoms with Crippen LogP contribution in [-0.2, 0) is 6.54 Å². The first-order valence-electron chi connectivity index (χ1n) is 9.89. The summed E-state index contributed by atoms with van der Waals surface area (Å²) < 4.78 is 28.0. The molecule has 1 aliphatic heterocycles. The molecule has 0 spiro atoms. The molecule has 2 heterocycles. The van der Waals surface area contributed by atoms with Gasteiger partial charge in [-0.15, -0.1) is 0 Å². The van der Waals surface area contributed by atoms with Crippen molar-refractivity contribution in [3.8, 4) is 11.3 Å². The van der Waals surface area contributed by atoms with Crippen LogP contribution >= 0.6 is 0 Å². The number of hydrogen-bond acceptors (Lipinski definition) is 3. The van der Waals surface area contributed by atoms with Gasteiger partial charge in [0, 0.05) is 36.8 Å². The van der Waals surface area contributed by atoms with E-state index in [2.05, 4.69) is 5.10 Å². The molecule has 1 fully saturated rings. The molecule has 0 N–H and O–H groups in total. The van der Waals surface area contributed by atoms with Gasteiger partial charge in [0.1, 0.15) is 0 Å². The van der Waals surface area contributed by atoms with Gasteiger partial charge in [0.05, 0.1) is 5.69 Å². The lowest BCUT2D eigenvalue weighted by molar-refractivity contribution is 0.0680. The Balaban J connectivity index is 1.41. The molecule has 2 aromatic carbocycles. The van der Waals surface area contributed by atoms with E-state index in [0.29, 0.717) is 32.5 Å². The van der Waals surface area contributed by atoms with Crippen molar-refractivity contribution < 1.29 is 13.6 Å². The second-order valence-corrected chi connectivity index (χ2v) is 7.47. The van der Waals surface area contributed by atoms with E-state index in [1.807, 2.05) is 30.3 Å². The maximum atomic E-state index is 13.4. The number of amides is 1. The lowest BCUT2D eigenvalue weighted by atomic mass is 9.96. The van der Waals surface area contributed by atoms with E-state index in [4.69, 9.17) is 0 Å². The minimum atomic E-state index is -1.03. The number of piperidine rings is 1. The van der Waals surface area contributed by atoms with Gasteiger partial charge in [0.25, 0.3) is 11.5 Å². The third kappa shape index (κ3) is 4.30. The van der Waals surface area contributed by atoms with Gasteiger partial charge in [-0.2, -0.15) is 5.10 Å². The van der Waals surface area contributed by atoms with E-state index in [1.165, 1.54) is 16.8 Å². The first kappa shape index (κ1) is 19.9. The Morgan fingerprint density at radius 2 is 1.70 bits per heavy atom. The van der Waals surface area contributed by atoms with Crippen LogP contribution in [0.15, 0.2) is 65.5 Å². The summed E-state index contributed by atoms with van der Waals surface area (Å²) in [6.07, 6.45) is 1.41. The molecule has 154 valence electrons. The third-order valence-corrected chi connectivity index (χ3v) is 5.44. The van der Waals surface area contributed by atoms with Gasteiger partial charge in [-0.3, -0.25) is 9.59 Å². The Kier molecular flexibility index (Phi) is 5.70.